The number of rotatable bonds is 4. The fourth-order valence-corrected chi connectivity index (χ4v) is 2.36. The van der Waals surface area contributed by atoms with Crippen molar-refractivity contribution in [2.45, 2.75) is 6.54 Å². The maximum atomic E-state index is 11.8. The summed E-state index contributed by atoms with van der Waals surface area (Å²) in [4.78, 5) is 11.8. The van der Waals surface area contributed by atoms with E-state index in [0.29, 0.717) is 22.1 Å². The molecular weight excluding hydrogens is 444 g/mol. The van der Waals surface area contributed by atoms with Crippen LogP contribution in [-0.2, 0) is 6.54 Å². The molecule has 4 nitrogen and oxygen atoms in total. The third-order valence-electron chi connectivity index (χ3n) is 2.31. The molecular formula is C12H9Br3N2O2. The number of hydrogen-bond acceptors (Lipinski definition) is 3. The molecule has 7 heteroatoms. The molecule has 2 rings (SSSR count). The highest BCUT2D eigenvalue weighted by atomic mass is 79.9. The Kier molecular flexibility index (Phi) is 5.18. The van der Waals surface area contributed by atoms with Crippen LogP contribution < -0.4 is 10.3 Å². The Morgan fingerprint density at radius 1 is 1.26 bits per heavy atom. The van der Waals surface area contributed by atoms with Gasteiger partial charge in [0, 0.05) is 4.47 Å². The van der Waals surface area contributed by atoms with E-state index in [1.165, 1.54) is 4.68 Å². The third-order valence-corrected chi connectivity index (χ3v) is 4.70. The fourth-order valence-electron chi connectivity index (χ4n) is 1.41. The molecule has 0 aliphatic rings. The minimum atomic E-state index is -0.188. The number of benzene rings is 1. The molecule has 0 saturated carbocycles. The van der Waals surface area contributed by atoms with Crippen LogP contribution in [0.25, 0.3) is 0 Å². The van der Waals surface area contributed by atoms with E-state index in [0.717, 1.165) is 10.2 Å². The lowest BCUT2D eigenvalue weighted by molar-refractivity contribution is 0.287. The molecule has 1 aromatic carbocycles. The summed E-state index contributed by atoms with van der Waals surface area (Å²) in [6, 6.07) is 7.54. The van der Waals surface area contributed by atoms with Crippen LogP contribution in [0.2, 0.25) is 0 Å². The zero-order chi connectivity index (χ0) is 13.8. The highest BCUT2D eigenvalue weighted by molar-refractivity contribution is 9.13. The monoisotopic (exact) mass is 450 g/mol. The second-order valence-corrected chi connectivity index (χ2v) is 6.20. The van der Waals surface area contributed by atoms with Gasteiger partial charge in [0.05, 0.1) is 17.2 Å². The van der Waals surface area contributed by atoms with Crippen molar-refractivity contribution >= 4 is 47.8 Å². The summed E-state index contributed by atoms with van der Waals surface area (Å²) in [6.45, 7) is 0.759. The molecule has 1 heterocycles. The Balaban J connectivity index is 2.00. The van der Waals surface area contributed by atoms with E-state index in [-0.39, 0.29) is 5.56 Å². The van der Waals surface area contributed by atoms with Crippen LogP contribution in [0.15, 0.2) is 48.7 Å². The van der Waals surface area contributed by atoms with Crippen molar-refractivity contribution in [1.29, 1.82) is 0 Å². The summed E-state index contributed by atoms with van der Waals surface area (Å²) >= 11 is 9.81. The molecule has 0 spiro atoms. The summed E-state index contributed by atoms with van der Waals surface area (Å²) in [6.07, 6.45) is 1.57. The standard InChI is InChI=1S/C12H9Br3N2O2/c13-8-2-1-3-9(6-8)19-5-4-17-12(18)11(15)10(14)7-16-17/h1-3,6-7H,4-5H2. The van der Waals surface area contributed by atoms with Crippen LogP contribution in [0.1, 0.15) is 0 Å². The van der Waals surface area contributed by atoms with Crippen LogP contribution in [0, 0.1) is 0 Å². The Morgan fingerprint density at radius 2 is 2.05 bits per heavy atom. The summed E-state index contributed by atoms with van der Waals surface area (Å²) in [5, 5.41) is 4.03. The molecule has 19 heavy (non-hydrogen) atoms. The maximum Gasteiger partial charge on any atom is 0.282 e. The van der Waals surface area contributed by atoms with Crippen molar-refractivity contribution in [3.63, 3.8) is 0 Å². The van der Waals surface area contributed by atoms with Crippen molar-refractivity contribution in [1.82, 2.24) is 9.78 Å². The smallest absolute Gasteiger partial charge is 0.282 e. The molecule has 0 N–H and O–H groups in total. The largest absolute Gasteiger partial charge is 0.492 e. The first-order chi connectivity index (χ1) is 9.08. The zero-order valence-corrected chi connectivity index (χ0v) is 14.4. The van der Waals surface area contributed by atoms with Crippen LogP contribution in [-0.4, -0.2) is 16.4 Å². The average Bonchev–Trinajstić information content (AvgIpc) is 2.39. The molecule has 2 aromatic rings. The van der Waals surface area contributed by atoms with E-state index in [1.54, 1.807) is 6.20 Å². The van der Waals surface area contributed by atoms with Crippen LogP contribution in [0.5, 0.6) is 5.75 Å². The van der Waals surface area contributed by atoms with Gasteiger partial charge in [-0.05, 0) is 50.1 Å². The van der Waals surface area contributed by atoms with E-state index >= 15 is 0 Å². The van der Waals surface area contributed by atoms with Gasteiger partial charge in [0.2, 0.25) is 0 Å². The maximum absolute atomic E-state index is 11.8. The Morgan fingerprint density at radius 3 is 2.79 bits per heavy atom. The molecule has 100 valence electrons. The highest BCUT2D eigenvalue weighted by Crippen LogP contribution is 2.18. The predicted octanol–water partition coefficient (Wildman–Crippen LogP) is 3.61. The summed E-state index contributed by atoms with van der Waals surface area (Å²) in [7, 11) is 0. The van der Waals surface area contributed by atoms with Crippen LogP contribution in [0.4, 0.5) is 0 Å². The van der Waals surface area contributed by atoms with Gasteiger partial charge < -0.3 is 4.74 Å². The quantitative estimate of drug-likeness (QED) is 0.712. The molecule has 0 aliphatic carbocycles. The molecule has 0 amide bonds. The SMILES string of the molecule is O=c1c(Br)c(Br)cnn1CCOc1cccc(Br)c1. The van der Waals surface area contributed by atoms with Crippen molar-refractivity contribution < 1.29 is 4.74 Å². The second-order valence-electron chi connectivity index (χ2n) is 3.64. The van der Waals surface area contributed by atoms with Gasteiger partial charge in [-0.1, -0.05) is 22.0 Å². The lowest BCUT2D eigenvalue weighted by Crippen LogP contribution is -2.26. The molecule has 0 bridgehead atoms. The number of ether oxygens (including phenoxy) is 1. The lowest BCUT2D eigenvalue weighted by Gasteiger charge is -2.08. The molecule has 0 fully saturated rings. The molecule has 0 radical (unpaired) electrons. The van der Waals surface area contributed by atoms with Crippen molar-refractivity contribution in [2.24, 2.45) is 0 Å². The van der Waals surface area contributed by atoms with Crippen molar-refractivity contribution in [3.05, 3.63) is 54.2 Å². The number of aromatic nitrogens is 2. The number of nitrogens with zero attached hydrogens (tertiary/aromatic N) is 2. The van der Waals surface area contributed by atoms with E-state index in [4.69, 9.17) is 4.74 Å². The van der Waals surface area contributed by atoms with Gasteiger partial charge in [0.25, 0.3) is 5.56 Å². The van der Waals surface area contributed by atoms with Crippen LogP contribution in [0.3, 0.4) is 0 Å². The third kappa shape index (κ3) is 3.90. The van der Waals surface area contributed by atoms with Gasteiger partial charge in [0.15, 0.2) is 0 Å². The van der Waals surface area contributed by atoms with Crippen molar-refractivity contribution in [3.8, 4) is 5.75 Å². The van der Waals surface area contributed by atoms with Gasteiger partial charge in [-0.3, -0.25) is 4.79 Å². The van der Waals surface area contributed by atoms with Gasteiger partial charge in [0.1, 0.15) is 16.8 Å². The van der Waals surface area contributed by atoms with E-state index in [2.05, 4.69) is 52.9 Å². The van der Waals surface area contributed by atoms with Gasteiger partial charge in [-0.2, -0.15) is 5.10 Å². The normalized spacial score (nSPS) is 10.5. The minimum absolute atomic E-state index is 0.188. The topological polar surface area (TPSA) is 44.1 Å². The minimum Gasteiger partial charge on any atom is -0.492 e. The second kappa shape index (κ2) is 6.67. The predicted molar refractivity (Wildman–Crippen MR) is 83.5 cm³/mol. The van der Waals surface area contributed by atoms with Crippen molar-refractivity contribution in [2.75, 3.05) is 6.61 Å². The number of halogens is 3. The Bertz CT molecular complexity index is 643. The zero-order valence-electron chi connectivity index (χ0n) is 9.65. The summed E-state index contributed by atoms with van der Waals surface area (Å²) in [5.74, 6) is 0.749. The van der Waals surface area contributed by atoms with Crippen LogP contribution >= 0.6 is 47.8 Å². The van der Waals surface area contributed by atoms with Gasteiger partial charge >= 0.3 is 0 Å². The molecule has 0 unspecified atom stereocenters. The fraction of sp³-hybridized carbons (Fsp3) is 0.167. The Hall–Kier alpha value is -0.660. The number of hydrogen-bond donors (Lipinski definition) is 0. The molecule has 0 atom stereocenters. The first-order valence-corrected chi connectivity index (χ1v) is 7.75. The molecule has 0 saturated heterocycles. The van der Waals surface area contributed by atoms with E-state index in [1.807, 2.05) is 24.3 Å². The van der Waals surface area contributed by atoms with E-state index < -0.39 is 0 Å². The first-order valence-electron chi connectivity index (χ1n) is 5.37. The average molecular weight is 453 g/mol. The lowest BCUT2D eigenvalue weighted by atomic mass is 10.3. The van der Waals surface area contributed by atoms with Gasteiger partial charge in [-0.15, -0.1) is 0 Å². The summed E-state index contributed by atoms with van der Waals surface area (Å²) in [5.41, 5.74) is -0.188. The van der Waals surface area contributed by atoms with E-state index in [9.17, 15) is 4.79 Å². The first kappa shape index (κ1) is 14.7. The molecule has 1 aromatic heterocycles. The summed E-state index contributed by atoms with van der Waals surface area (Å²) < 4.78 is 8.97. The highest BCUT2D eigenvalue weighted by Gasteiger charge is 2.06. The van der Waals surface area contributed by atoms with Gasteiger partial charge in [-0.25, -0.2) is 4.68 Å². The Labute approximate surface area is 135 Å². The molecule has 0 aliphatic heterocycles.